The number of carbonyl (C=O) groups is 1. The highest BCUT2D eigenvalue weighted by molar-refractivity contribution is 5.65. The second-order valence-electron chi connectivity index (χ2n) is 4.87. The zero-order valence-electron chi connectivity index (χ0n) is 11.6. The zero-order valence-corrected chi connectivity index (χ0v) is 11.6. The van der Waals surface area contributed by atoms with E-state index in [0.717, 1.165) is 11.1 Å². The van der Waals surface area contributed by atoms with Crippen molar-refractivity contribution in [1.82, 2.24) is 4.90 Å². The van der Waals surface area contributed by atoms with Gasteiger partial charge in [-0.25, -0.2) is 4.79 Å². The topological polar surface area (TPSA) is 86.8 Å². The first kappa shape index (κ1) is 14.7. The quantitative estimate of drug-likeness (QED) is 0.737. The molecule has 0 fully saturated rings. The Morgan fingerprint density at radius 2 is 1.81 bits per heavy atom. The Bertz CT molecular complexity index is 628. The van der Waals surface area contributed by atoms with Crippen LogP contribution in [0, 0.1) is 0 Å². The number of aromatic hydroxyl groups is 1. The van der Waals surface area contributed by atoms with Gasteiger partial charge in [0.25, 0.3) is 0 Å². The number of amides is 1. The van der Waals surface area contributed by atoms with Crippen LogP contribution in [-0.4, -0.2) is 27.8 Å². The van der Waals surface area contributed by atoms with Crippen LogP contribution >= 0.6 is 0 Å². The molecule has 5 nitrogen and oxygen atoms in total. The largest absolute Gasteiger partial charge is 0.508 e. The Balaban J connectivity index is 2.01. The summed E-state index contributed by atoms with van der Waals surface area (Å²) in [5.41, 5.74) is 8.07. The molecule has 0 aromatic heterocycles. The van der Waals surface area contributed by atoms with E-state index >= 15 is 0 Å². The summed E-state index contributed by atoms with van der Waals surface area (Å²) in [7, 11) is 0. The first-order valence-corrected chi connectivity index (χ1v) is 6.65. The Labute approximate surface area is 123 Å². The van der Waals surface area contributed by atoms with Gasteiger partial charge in [0.15, 0.2) is 0 Å². The van der Waals surface area contributed by atoms with Gasteiger partial charge in [-0.3, -0.25) is 0 Å². The monoisotopic (exact) mass is 286 g/mol. The number of phenols is 1. The minimum atomic E-state index is -0.974. The Kier molecular flexibility index (Phi) is 4.66. The number of benzene rings is 2. The molecular formula is C16H18N2O3. The lowest BCUT2D eigenvalue weighted by Gasteiger charge is -2.19. The average Bonchev–Trinajstić information content (AvgIpc) is 2.43. The van der Waals surface area contributed by atoms with Gasteiger partial charge in [-0.2, -0.15) is 0 Å². The van der Waals surface area contributed by atoms with E-state index in [4.69, 9.17) is 5.73 Å². The second kappa shape index (κ2) is 6.65. The lowest BCUT2D eigenvalue weighted by molar-refractivity contribution is 0.143. The average molecular weight is 286 g/mol. The van der Waals surface area contributed by atoms with E-state index in [-0.39, 0.29) is 5.75 Å². The number of phenolic OH excluding ortho intramolecular Hbond substituents is 1. The van der Waals surface area contributed by atoms with Gasteiger partial charge in [0, 0.05) is 18.8 Å². The van der Waals surface area contributed by atoms with Crippen LogP contribution in [-0.2, 0) is 13.0 Å². The van der Waals surface area contributed by atoms with Crippen molar-refractivity contribution in [1.29, 1.82) is 0 Å². The van der Waals surface area contributed by atoms with Gasteiger partial charge in [-0.1, -0.05) is 24.3 Å². The number of nitrogens with zero attached hydrogens (tertiary/aromatic N) is 1. The summed E-state index contributed by atoms with van der Waals surface area (Å²) in [6, 6.07) is 14.0. The van der Waals surface area contributed by atoms with Gasteiger partial charge in [-0.15, -0.1) is 0 Å². The maximum atomic E-state index is 11.3. The summed E-state index contributed by atoms with van der Waals surface area (Å²) >= 11 is 0. The molecule has 0 aliphatic rings. The maximum Gasteiger partial charge on any atom is 0.407 e. The molecule has 4 N–H and O–H groups in total. The minimum Gasteiger partial charge on any atom is -0.508 e. The van der Waals surface area contributed by atoms with Gasteiger partial charge in [0.1, 0.15) is 5.75 Å². The van der Waals surface area contributed by atoms with Gasteiger partial charge in [0.2, 0.25) is 0 Å². The van der Waals surface area contributed by atoms with E-state index in [1.807, 2.05) is 12.1 Å². The fraction of sp³-hybridized carbons (Fsp3) is 0.188. The molecule has 0 bridgehead atoms. The molecule has 21 heavy (non-hydrogen) atoms. The predicted molar refractivity (Wildman–Crippen MR) is 81.1 cm³/mol. The Morgan fingerprint density at radius 1 is 1.10 bits per heavy atom. The van der Waals surface area contributed by atoms with Crippen LogP contribution in [0.1, 0.15) is 11.1 Å². The van der Waals surface area contributed by atoms with Crippen molar-refractivity contribution < 1.29 is 15.0 Å². The van der Waals surface area contributed by atoms with Crippen LogP contribution < -0.4 is 5.73 Å². The molecule has 0 saturated carbocycles. The number of hydrogen-bond donors (Lipinski definition) is 3. The maximum absolute atomic E-state index is 11.3. The van der Waals surface area contributed by atoms with E-state index < -0.39 is 6.09 Å². The molecule has 0 atom stereocenters. The third kappa shape index (κ3) is 4.42. The molecule has 2 rings (SSSR count). The number of hydrogen-bond acceptors (Lipinski definition) is 3. The highest BCUT2D eigenvalue weighted by Gasteiger charge is 2.12. The molecule has 110 valence electrons. The summed E-state index contributed by atoms with van der Waals surface area (Å²) in [5, 5.41) is 18.7. The van der Waals surface area contributed by atoms with E-state index in [9.17, 15) is 15.0 Å². The molecule has 1 amide bonds. The van der Waals surface area contributed by atoms with Crippen molar-refractivity contribution in [3.8, 4) is 5.75 Å². The summed E-state index contributed by atoms with van der Waals surface area (Å²) in [6.45, 7) is 0.646. The first-order valence-electron chi connectivity index (χ1n) is 6.65. The number of rotatable bonds is 5. The Hall–Kier alpha value is -2.69. The SMILES string of the molecule is Nc1cccc(CN(CCc2cccc(O)c2)C(=O)O)c1. The van der Waals surface area contributed by atoms with Crippen LogP contribution in [0.15, 0.2) is 48.5 Å². The molecule has 2 aromatic rings. The molecule has 0 aliphatic heterocycles. The third-order valence-corrected chi connectivity index (χ3v) is 3.18. The summed E-state index contributed by atoms with van der Waals surface area (Å²) < 4.78 is 0. The molecule has 0 heterocycles. The molecule has 0 radical (unpaired) electrons. The van der Waals surface area contributed by atoms with E-state index in [1.54, 1.807) is 36.4 Å². The van der Waals surface area contributed by atoms with Gasteiger partial charge in [0.05, 0.1) is 0 Å². The van der Waals surface area contributed by atoms with Crippen molar-refractivity contribution in [2.45, 2.75) is 13.0 Å². The zero-order chi connectivity index (χ0) is 15.2. The summed E-state index contributed by atoms with van der Waals surface area (Å²) in [4.78, 5) is 12.7. The molecule has 0 spiro atoms. The van der Waals surface area contributed by atoms with Crippen molar-refractivity contribution in [3.63, 3.8) is 0 Å². The van der Waals surface area contributed by atoms with Crippen molar-refractivity contribution in [2.24, 2.45) is 0 Å². The molecule has 5 heteroatoms. The fourth-order valence-corrected chi connectivity index (χ4v) is 2.13. The Morgan fingerprint density at radius 3 is 2.48 bits per heavy atom. The molecule has 0 saturated heterocycles. The van der Waals surface area contributed by atoms with Crippen molar-refractivity contribution in [2.75, 3.05) is 12.3 Å². The van der Waals surface area contributed by atoms with Crippen LogP contribution in [0.2, 0.25) is 0 Å². The molecular weight excluding hydrogens is 268 g/mol. The van der Waals surface area contributed by atoms with E-state index in [1.165, 1.54) is 4.90 Å². The molecule has 0 aliphatic carbocycles. The second-order valence-corrected chi connectivity index (χ2v) is 4.87. The lowest BCUT2D eigenvalue weighted by atomic mass is 10.1. The summed E-state index contributed by atoms with van der Waals surface area (Å²) in [5.74, 6) is 0.185. The minimum absolute atomic E-state index is 0.185. The molecule has 2 aromatic carbocycles. The number of carboxylic acid groups (broad SMARTS) is 1. The normalized spacial score (nSPS) is 10.3. The van der Waals surface area contributed by atoms with Crippen LogP contribution in [0.25, 0.3) is 0 Å². The summed E-state index contributed by atoms with van der Waals surface area (Å²) in [6.07, 6.45) is -0.430. The third-order valence-electron chi connectivity index (χ3n) is 3.18. The van der Waals surface area contributed by atoms with Crippen LogP contribution in [0.5, 0.6) is 5.75 Å². The van der Waals surface area contributed by atoms with Crippen LogP contribution in [0.4, 0.5) is 10.5 Å². The number of anilines is 1. The highest BCUT2D eigenvalue weighted by atomic mass is 16.4. The fourth-order valence-electron chi connectivity index (χ4n) is 2.13. The predicted octanol–water partition coefficient (Wildman–Crippen LogP) is 2.70. The van der Waals surface area contributed by atoms with E-state index in [0.29, 0.717) is 25.2 Å². The van der Waals surface area contributed by atoms with Gasteiger partial charge >= 0.3 is 6.09 Å². The molecule has 0 unspecified atom stereocenters. The van der Waals surface area contributed by atoms with Crippen LogP contribution in [0.3, 0.4) is 0 Å². The van der Waals surface area contributed by atoms with E-state index in [2.05, 4.69) is 0 Å². The lowest BCUT2D eigenvalue weighted by Crippen LogP contribution is -2.31. The number of nitrogen functional groups attached to an aromatic ring is 1. The van der Waals surface area contributed by atoms with Gasteiger partial charge in [-0.05, 0) is 41.8 Å². The van der Waals surface area contributed by atoms with Gasteiger partial charge < -0.3 is 20.8 Å². The highest BCUT2D eigenvalue weighted by Crippen LogP contribution is 2.14. The smallest absolute Gasteiger partial charge is 0.407 e. The first-order chi connectivity index (χ1) is 10.0. The van der Waals surface area contributed by atoms with Crippen molar-refractivity contribution >= 4 is 11.8 Å². The van der Waals surface area contributed by atoms with Crippen molar-refractivity contribution in [3.05, 3.63) is 59.7 Å². The standard InChI is InChI=1S/C16H18N2O3/c17-14-5-1-4-13(9-14)11-18(16(20)21)8-7-12-3-2-6-15(19)10-12/h1-6,9-10,19H,7-8,11,17H2,(H,20,21). The number of nitrogens with two attached hydrogens (primary N) is 1.